The van der Waals surface area contributed by atoms with Crippen LogP contribution in [-0.2, 0) is 4.65 Å². The maximum Gasteiger partial charge on any atom is 0.361 e. The summed E-state index contributed by atoms with van der Waals surface area (Å²) in [5.74, 6) is 0. The molecule has 0 aliphatic heterocycles. The van der Waals surface area contributed by atoms with Crippen LogP contribution in [0.1, 0.15) is 24.5 Å². The highest BCUT2D eigenvalue weighted by Gasteiger charge is 2.23. The Balaban J connectivity index is 2.37. The SMILES string of the molecule is CCC(N)COB(c1ccc(C)c(Cl)c1)c1ccc(C)c(Cl)c1. The van der Waals surface area contributed by atoms with Gasteiger partial charge in [0.05, 0.1) is 0 Å². The zero-order valence-electron chi connectivity index (χ0n) is 13.8. The lowest BCUT2D eigenvalue weighted by Gasteiger charge is -2.19. The van der Waals surface area contributed by atoms with E-state index in [0.717, 1.165) is 38.5 Å². The molecule has 0 aliphatic carbocycles. The van der Waals surface area contributed by atoms with Crippen LogP contribution in [0.2, 0.25) is 10.0 Å². The predicted molar refractivity (Wildman–Crippen MR) is 102 cm³/mol. The number of hydrogen-bond acceptors (Lipinski definition) is 2. The third-order valence-corrected chi connectivity index (χ3v) is 4.81. The van der Waals surface area contributed by atoms with Gasteiger partial charge in [-0.2, -0.15) is 0 Å². The highest BCUT2D eigenvalue weighted by Crippen LogP contribution is 2.15. The molecule has 1 unspecified atom stereocenters. The number of benzene rings is 2. The maximum absolute atomic E-state index is 6.29. The Bertz CT molecular complexity index is 627. The fourth-order valence-corrected chi connectivity index (χ4v) is 2.64. The first-order chi connectivity index (χ1) is 10.9. The van der Waals surface area contributed by atoms with Crippen LogP contribution >= 0.6 is 23.2 Å². The van der Waals surface area contributed by atoms with Crippen molar-refractivity contribution in [2.75, 3.05) is 6.61 Å². The van der Waals surface area contributed by atoms with Crippen molar-refractivity contribution in [3.8, 4) is 0 Å². The Hall–Kier alpha value is -0.995. The van der Waals surface area contributed by atoms with Gasteiger partial charge in [-0.05, 0) is 54.5 Å². The van der Waals surface area contributed by atoms with E-state index in [0.29, 0.717) is 6.61 Å². The Labute approximate surface area is 149 Å². The van der Waals surface area contributed by atoms with Crippen molar-refractivity contribution < 1.29 is 4.65 Å². The summed E-state index contributed by atoms with van der Waals surface area (Å²) in [4.78, 5) is 0. The monoisotopic (exact) mass is 349 g/mol. The molecule has 0 amide bonds. The third kappa shape index (κ3) is 4.74. The fourth-order valence-electron chi connectivity index (χ4n) is 2.27. The summed E-state index contributed by atoms with van der Waals surface area (Å²) in [5.41, 5.74) is 10.1. The third-order valence-electron chi connectivity index (χ3n) is 4.00. The average molecular weight is 350 g/mol. The van der Waals surface area contributed by atoms with Gasteiger partial charge < -0.3 is 10.4 Å². The molecule has 0 bridgehead atoms. The van der Waals surface area contributed by atoms with Gasteiger partial charge >= 0.3 is 6.92 Å². The van der Waals surface area contributed by atoms with E-state index < -0.39 is 0 Å². The number of hydrogen-bond donors (Lipinski definition) is 1. The van der Waals surface area contributed by atoms with Crippen LogP contribution in [0, 0.1) is 13.8 Å². The van der Waals surface area contributed by atoms with E-state index in [1.807, 2.05) is 50.2 Å². The number of aryl methyl sites for hydroxylation is 2. The van der Waals surface area contributed by atoms with Crippen molar-refractivity contribution >= 4 is 41.0 Å². The summed E-state index contributed by atoms with van der Waals surface area (Å²) in [5, 5.41) is 1.46. The molecule has 0 saturated carbocycles. The van der Waals surface area contributed by atoms with E-state index in [-0.39, 0.29) is 13.0 Å². The van der Waals surface area contributed by atoms with Crippen LogP contribution < -0.4 is 16.7 Å². The van der Waals surface area contributed by atoms with Crippen molar-refractivity contribution in [3.05, 3.63) is 57.6 Å². The Kier molecular flexibility index (Phi) is 6.55. The Morgan fingerprint density at radius 3 is 1.87 bits per heavy atom. The van der Waals surface area contributed by atoms with Gasteiger partial charge in [-0.1, -0.05) is 54.4 Å². The Morgan fingerprint density at radius 1 is 1.00 bits per heavy atom. The van der Waals surface area contributed by atoms with Crippen molar-refractivity contribution in [2.45, 2.75) is 33.2 Å². The topological polar surface area (TPSA) is 35.2 Å². The molecule has 0 spiro atoms. The van der Waals surface area contributed by atoms with Crippen molar-refractivity contribution in [2.24, 2.45) is 5.73 Å². The van der Waals surface area contributed by atoms with Crippen LogP contribution in [-0.4, -0.2) is 19.6 Å². The Morgan fingerprint density at radius 2 is 1.48 bits per heavy atom. The molecular weight excluding hydrogens is 328 g/mol. The zero-order valence-corrected chi connectivity index (χ0v) is 15.3. The second-order valence-electron chi connectivity index (χ2n) is 5.90. The lowest BCUT2D eigenvalue weighted by Crippen LogP contribution is -2.47. The molecule has 2 rings (SSSR count). The molecule has 2 N–H and O–H groups in total. The highest BCUT2D eigenvalue weighted by atomic mass is 35.5. The lowest BCUT2D eigenvalue weighted by molar-refractivity contribution is 0.297. The van der Waals surface area contributed by atoms with Gasteiger partial charge in [0.15, 0.2) is 0 Å². The summed E-state index contributed by atoms with van der Waals surface area (Å²) in [6, 6.07) is 12.0. The fraction of sp³-hybridized carbons (Fsp3) is 0.333. The summed E-state index contributed by atoms with van der Waals surface area (Å²) in [6.45, 7) is 6.27. The standard InChI is InChI=1S/C18H22BCl2NO/c1-4-16(22)11-23-19(14-7-5-12(2)17(20)9-14)15-8-6-13(3)18(21)10-15/h5-10,16H,4,11,22H2,1-3H3. The summed E-state index contributed by atoms with van der Waals surface area (Å²) in [6.07, 6.45) is 0.871. The van der Waals surface area contributed by atoms with Crippen molar-refractivity contribution in [1.82, 2.24) is 0 Å². The molecule has 122 valence electrons. The maximum atomic E-state index is 6.29. The van der Waals surface area contributed by atoms with E-state index in [4.69, 9.17) is 33.6 Å². The zero-order chi connectivity index (χ0) is 17.0. The molecule has 2 aromatic rings. The van der Waals surface area contributed by atoms with E-state index in [2.05, 4.69) is 6.92 Å². The molecule has 23 heavy (non-hydrogen) atoms. The molecule has 0 radical (unpaired) electrons. The van der Waals surface area contributed by atoms with Crippen LogP contribution in [0.4, 0.5) is 0 Å². The minimum absolute atomic E-state index is 0.0133. The first kappa shape index (κ1) is 18.3. The second-order valence-corrected chi connectivity index (χ2v) is 6.71. The average Bonchev–Trinajstić information content (AvgIpc) is 2.53. The van der Waals surface area contributed by atoms with Crippen LogP contribution in [0.5, 0.6) is 0 Å². The van der Waals surface area contributed by atoms with Crippen molar-refractivity contribution in [3.63, 3.8) is 0 Å². The minimum atomic E-state index is -0.233. The van der Waals surface area contributed by atoms with Gasteiger partial charge in [0.1, 0.15) is 0 Å². The lowest BCUT2D eigenvalue weighted by atomic mass is 9.55. The summed E-state index contributed by atoms with van der Waals surface area (Å²) < 4.78 is 6.11. The van der Waals surface area contributed by atoms with Crippen LogP contribution in [0.25, 0.3) is 0 Å². The van der Waals surface area contributed by atoms with Gasteiger partial charge in [-0.3, -0.25) is 0 Å². The molecule has 5 heteroatoms. The van der Waals surface area contributed by atoms with Crippen molar-refractivity contribution in [1.29, 1.82) is 0 Å². The smallest absolute Gasteiger partial charge is 0.361 e. The predicted octanol–water partition coefficient (Wildman–Crippen LogP) is 3.47. The molecule has 0 heterocycles. The van der Waals surface area contributed by atoms with Crippen LogP contribution in [0.3, 0.4) is 0 Å². The molecule has 2 nitrogen and oxygen atoms in total. The minimum Gasteiger partial charge on any atom is -0.425 e. The van der Waals surface area contributed by atoms with Gasteiger partial charge in [-0.15, -0.1) is 0 Å². The largest absolute Gasteiger partial charge is 0.425 e. The number of nitrogens with two attached hydrogens (primary N) is 1. The quantitative estimate of drug-likeness (QED) is 0.810. The number of halogens is 2. The first-order valence-electron chi connectivity index (χ1n) is 7.81. The number of rotatable bonds is 6. The molecule has 2 aromatic carbocycles. The molecular formula is C18H22BCl2NO. The van der Waals surface area contributed by atoms with E-state index in [9.17, 15) is 0 Å². The van der Waals surface area contributed by atoms with Gasteiger partial charge in [-0.25, -0.2) is 0 Å². The molecule has 1 atom stereocenters. The van der Waals surface area contributed by atoms with Gasteiger partial charge in [0.25, 0.3) is 0 Å². The molecule has 0 aliphatic rings. The van der Waals surface area contributed by atoms with Gasteiger partial charge in [0.2, 0.25) is 0 Å². The van der Waals surface area contributed by atoms with E-state index >= 15 is 0 Å². The summed E-state index contributed by atoms with van der Waals surface area (Å²) in [7, 11) is 0. The highest BCUT2D eigenvalue weighted by molar-refractivity contribution is 6.80. The van der Waals surface area contributed by atoms with Crippen LogP contribution in [0.15, 0.2) is 36.4 Å². The molecule has 0 aromatic heterocycles. The molecule has 0 fully saturated rings. The summed E-state index contributed by atoms with van der Waals surface area (Å²) >= 11 is 12.6. The van der Waals surface area contributed by atoms with Gasteiger partial charge in [0, 0.05) is 22.7 Å². The van der Waals surface area contributed by atoms with E-state index in [1.165, 1.54) is 0 Å². The molecule has 0 saturated heterocycles. The van der Waals surface area contributed by atoms with E-state index in [1.54, 1.807) is 0 Å². The normalized spacial score (nSPS) is 12.3. The first-order valence-corrected chi connectivity index (χ1v) is 8.57. The second kappa shape index (κ2) is 8.21.